The third kappa shape index (κ3) is 4.18. The minimum atomic E-state index is -0.0124. The number of ether oxygens (including phenoxy) is 1. The molecule has 4 heteroatoms. The van der Waals surface area contributed by atoms with E-state index < -0.39 is 0 Å². The molecule has 1 N–H and O–H groups in total. The second kappa shape index (κ2) is 6.08. The largest absolute Gasteiger partial charge is 0.381 e. The number of amides is 1. The lowest BCUT2D eigenvalue weighted by Gasteiger charge is -2.15. The van der Waals surface area contributed by atoms with E-state index in [1.54, 1.807) is 0 Å². The first kappa shape index (κ1) is 12.5. The Kier molecular flexibility index (Phi) is 5.05. The normalized spacial score (nSPS) is 21.7. The van der Waals surface area contributed by atoms with E-state index in [4.69, 9.17) is 4.74 Å². The van der Waals surface area contributed by atoms with Crippen molar-refractivity contribution in [2.45, 2.75) is 33.2 Å². The summed E-state index contributed by atoms with van der Waals surface area (Å²) in [5, 5.41) is 3.11. The number of hydrogen-bond donors (Lipinski definition) is 1. The fourth-order valence-electron chi connectivity index (χ4n) is 1.55. The summed E-state index contributed by atoms with van der Waals surface area (Å²) < 4.78 is 5.46. The molecule has 1 saturated heterocycles. The van der Waals surface area contributed by atoms with Gasteiger partial charge in [-0.2, -0.15) is 0 Å². The van der Waals surface area contributed by atoms with E-state index in [1.165, 1.54) is 0 Å². The number of rotatable bonds is 6. The summed E-state index contributed by atoms with van der Waals surface area (Å²) in [5.74, 6) is 0.791. The van der Waals surface area contributed by atoms with Gasteiger partial charge in [0.2, 0.25) is 5.91 Å². The highest BCUT2D eigenvalue weighted by atomic mass is 16.5. The average molecular weight is 214 g/mol. The van der Waals surface area contributed by atoms with Crippen molar-refractivity contribution in [1.29, 1.82) is 0 Å². The number of hydrogen-bond acceptors (Lipinski definition) is 3. The molecule has 0 radical (unpaired) electrons. The maximum absolute atomic E-state index is 11.5. The van der Waals surface area contributed by atoms with Crippen LogP contribution >= 0.6 is 0 Å². The molecule has 1 unspecified atom stereocenters. The number of carbonyl (C=O) groups is 1. The van der Waals surface area contributed by atoms with E-state index in [1.807, 2.05) is 11.8 Å². The Morgan fingerprint density at radius 2 is 2.33 bits per heavy atom. The van der Waals surface area contributed by atoms with Gasteiger partial charge >= 0.3 is 0 Å². The van der Waals surface area contributed by atoms with Crippen LogP contribution in [0.2, 0.25) is 0 Å². The molecule has 0 aromatic rings. The topological polar surface area (TPSA) is 41.6 Å². The summed E-state index contributed by atoms with van der Waals surface area (Å²) in [5.41, 5.74) is 0. The number of carbonyl (C=O) groups excluding carboxylic acids is 1. The molecule has 1 rings (SSSR count). The van der Waals surface area contributed by atoms with E-state index in [0.717, 1.165) is 26.2 Å². The van der Waals surface area contributed by atoms with Crippen molar-refractivity contribution in [3.8, 4) is 0 Å². The second-order valence-corrected chi connectivity index (χ2v) is 4.51. The van der Waals surface area contributed by atoms with Crippen LogP contribution in [0, 0.1) is 5.92 Å². The lowest BCUT2D eigenvalue weighted by atomic mass is 10.2. The molecule has 1 fully saturated rings. The Hall–Kier alpha value is -0.610. The summed E-state index contributed by atoms with van der Waals surface area (Å²) in [6.45, 7) is 9.21. The third-order valence-corrected chi connectivity index (χ3v) is 2.44. The monoisotopic (exact) mass is 214 g/mol. The maximum Gasteiger partial charge on any atom is 0.240 e. The van der Waals surface area contributed by atoms with Crippen LogP contribution in [0.5, 0.6) is 0 Å². The van der Waals surface area contributed by atoms with Gasteiger partial charge in [-0.3, -0.25) is 10.1 Å². The maximum atomic E-state index is 11.5. The van der Waals surface area contributed by atoms with E-state index in [0.29, 0.717) is 12.6 Å². The molecule has 0 aliphatic carbocycles. The Morgan fingerprint density at radius 3 is 2.87 bits per heavy atom. The minimum Gasteiger partial charge on any atom is -0.381 e. The molecule has 1 amide bonds. The summed E-state index contributed by atoms with van der Waals surface area (Å²) in [4.78, 5) is 13.4. The fraction of sp³-hybridized carbons (Fsp3) is 0.909. The quantitative estimate of drug-likeness (QED) is 0.666. The molecule has 0 saturated carbocycles. The van der Waals surface area contributed by atoms with Crippen molar-refractivity contribution >= 4 is 5.91 Å². The molecule has 1 atom stereocenters. The average Bonchev–Trinajstić information content (AvgIpc) is 2.48. The number of nitrogens with zero attached hydrogens (tertiary/aromatic N) is 1. The molecule has 15 heavy (non-hydrogen) atoms. The smallest absolute Gasteiger partial charge is 0.240 e. The van der Waals surface area contributed by atoms with Crippen molar-refractivity contribution in [3.05, 3.63) is 0 Å². The molecule has 4 nitrogen and oxygen atoms in total. The van der Waals surface area contributed by atoms with Crippen LogP contribution in [0.3, 0.4) is 0 Å². The third-order valence-electron chi connectivity index (χ3n) is 2.44. The highest BCUT2D eigenvalue weighted by molar-refractivity contribution is 5.83. The Balaban J connectivity index is 2.03. The van der Waals surface area contributed by atoms with Crippen LogP contribution in [0.4, 0.5) is 0 Å². The predicted molar refractivity (Wildman–Crippen MR) is 59.5 cm³/mol. The first-order valence-corrected chi connectivity index (χ1v) is 5.71. The van der Waals surface area contributed by atoms with Crippen molar-refractivity contribution in [2.75, 3.05) is 26.4 Å². The highest BCUT2D eigenvalue weighted by Crippen LogP contribution is 2.03. The van der Waals surface area contributed by atoms with Crippen LogP contribution in [0.1, 0.15) is 27.2 Å². The van der Waals surface area contributed by atoms with Gasteiger partial charge in [-0.1, -0.05) is 13.8 Å². The first-order valence-electron chi connectivity index (χ1n) is 5.71. The second-order valence-electron chi connectivity index (χ2n) is 4.51. The molecule has 1 aliphatic heterocycles. The van der Waals surface area contributed by atoms with Crippen LogP contribution in [0.25, 0.3) is 0 Å². The van der Waals surface area contributed by atoms with Crippen LogP contribution in [0.15, 0.2) is 0 Å². The van der Waals surface area contributed by atoms with Gasteiger partial charge in [-0.15, -0.1) is 0 Å². The van der Waals surface area contributed by atoms with Gasteiger partial charge in [0.15, 0.2) is 0 Å². The Labute approximate surface area is 92.0 Å². The van der Waals surface area contributed by atoms with Gasteiger partial charge in [-0.05, 0) is 19.3 Å². The van der Waals surface area contributed by atoms with E-state index in [-0.39, 0.29) is 11.9 Å². The van der Waals surface area contributed by atoms with Gasteiger partial charge < -0.3 is 9.64 Å². The zero-order valence-electron chi connectivity index (χ0n) is 9.95. The van der Waals surface area contributed by atoms with Gasteiger partial charge in [-0.25, -0.2) is 0 Å². The van der Waals surface area contributed by atoms with E-state index in [2.05, 4.69) is 19.2 Å². The fourth-order valence-corrected chi connectivity index (χ4v) is 1.55. The summed E-state index contributed by atoms with van der Waals surface area (Å²) in [6.07, 6.45) is 0.923. The van der Waals surface area contributed by atoms with Crippen LogP contribution in [-0.4, -0.2) is 43.3 Å². The zero-order chi connectivity index (χ0) is 11.3. The molecule has 88 valence electrons. The molecule has 0 bridgehead atoms. The predicted octanol–water partition coefficient (Wildman–Crippen LogP) is 0.827. The molecule has 0 aromatic carbocycles. The molecule has 0 aromatic heterocycles. The summed E-state index contributed by atoms with van der Waals surface area (Å²) in [6, 6.07) is -0.0124. The Bertz CT molecular complexity index is 207. The lowest BCUT2D eigenvalue weighted by molar-refractivity contribution is -0.128. The molecule has 0 spiro atoms. The highest BCUT2D eigenvalue weighted by Gasteiger charge is 2.26. The van der Waals surface area contributed by atoms with Crippen molar-refractivity contribution < 1.29 is 9.53 Å². The van der Waals surface area contributed by atoms with Gasteiger partial charge in [0.05, 0.1) is 12.7 Å². The minimum absolute atomic E-state index is 0.0124. The standard InChI is InChI=1S/C11H22N2O2/c1-9(2)7-15-6-4-5-13-8-12-10(3)11(13)14/h9-10,12H,4-8H2,1-3H3. The van der Waals surface area contributed by atoms with Gasteiger partial charge in [0.1, 0.15) is 0 Å². The van der Waals surface area contributed by atoms with Crippen molar-refractivity contribution in [1.82, 2.24) is 10.2 Å². The number of nitrogens with one attached hydrogen (secondary N) is 1. The van der Waals surface area contributed by atoms with E-state index in [9.17, 15) is 4.79 Å². The molecule has 1 aliphatic rings. The first-order chi connectivity index (χ1) is 7.11. The van der Waals surface area contributed by atoms with Crippen LogP contribution < -0.4 is 5.32 Å². The van der Waals surface area contributed by atoms with E-state index >= 15 is 0 Å². The zero-order valence-corrected chi connectivity index (χ0v) is 9.95. The molecular weight excluding hydrogens is 192 g/mol. The van der Waals surface area contributed by atoms with Gasteiger partial charge in [0.25, 0.3) is 0 Å². The van der Waals surface area contributed by atoms with Crippen molar-refractivity contribution in [3.63, 3.8) is 0 Å². The molecule has 1 heterocycles. The van der Waals surface area contributed by atoms with Crippen molar-refractivity contribution in [2.24, 2.45) is 5.92 Å². The summed E-state index contributed by atoms with van der Waals surface area (Å²) in [7, 11) is 0. The van der Waals surface area contributed by atoms with Gasteiger partial charge in [0, 0.05) is 19.8 Å². The molecular formula is C11H22N2O2. The lowest BCUT2D eigenvalue weighted by Crippen LogP contribution is -2.30. The van der Waals surface area contributed by atoms with Crippen LogP contribution in [-0.2, 0) is 9.53 Å². The SMILES string of the molecule is CC(C)COCCCN1CNC(C)C1=O. The summed E-state index contributed by atoms with van der Waals surface area (Å²) >= 11 is 0. The Morgan fingerprint density at radius 1 is 1.60 bits per heavy atom.